The van der Waals surface area contributed by atoms with Crippen molar-refractivity contribution in [1.29, 1.82) is 0 Å². The molecule has 1 aromatic rings. The molecular weight excluding hydrogens is 378 g/mol. The van der Waals surface area contributed by atoms with E-state index in [0.29, 0.717) is 32.0 Å². The summed E-state index contributed by atoms with van der Waals surface area (Å²) in [4.78, 5) is 32.9. The Bertz CT molecular complexity index is 677. The highest BCUT2D eigenvalue weighted by Crippen LogP contribution is 2.11. The maximum absolute atomic E-state index is 12.6. The fourth-order valence-electron chi connectivity index (χ4n) is 3.52. The molecule has 1 aliphatic heterocycles. The molecule has 0 spiro atoms. The molecule has 2 N–H and O–H groups in total. The number of guanidine groups is 1. The van der Waals surface area contributed by atoms with Gasteiger partial charge in [-0.15, -0.1) is 0 Å². The van der Waals surface area contributed by atoms with Crippen LogP contribution in [0.4, 0.5) is 0 Å². The van der Waals surface area contributed by atoms with Crippen LogP contribution in [0, 0.1) is 0 Å². The van der Waals surface area contributed by atoms with Crippen molar-refractivity contribution >= 4 is 17.8 Å². The Balaban J connectivity index is 1.79. The lowest BCUT2D eigenvalue weighted by Crippen LogP contribution is -2.40. The first-order valence-corrected chi connectivity index (χ1v) is 11.3. The average Bonchev–Trinajstić information content (AvgIpc) is 2.97. The van der Waals surface area contributed by atoms with E-state index in [0.717, 1.165) is 50.9 Å². The molecule has 0 aliphatic carbocycles. The van der Waals surface area contributed by atoms with Crippen LogP contribution in [0.1, 0.15) is 51.5 Å². The van der Waals surface area contributed by atoms with Gasteiger partial charge in [0.2, 0.25) is 11.8 Å². The van der Waals surface area contributed by atoms with Crippen molar-refractivity contribution in [2.75, 3.05) is 39.3 Å². The third-order valence-corrected chi connectivity index (χ3v) is 5.24. The number of nitrogens with one attached hydrogen (secondary N) is 2. The number of rotatable bonds is 10. The van der Waals surface area contributed by atoms with Crippen molar-refractivity contribution in [3.63, 3.8) is 0 Å². The highest BCUT2D eigenvalue weighted by Gasteiger charge is 2.16. The van der Waals surface area contributed by atoms with E-state index in [1.54, 1.807) is 0 Å². The minimum atomic E-state index is 0.00807. The number of carbonyl (C=O) groups excluding carboxylic acids is 2. The van der Waals surface area contributed by atoms with E-state index < -0.39 is 0 Å². The topological polar surface area (TPSA) is 77.0 Å². The molecule has 1 aliphatic rings. The highest BCUT2D eigenvalue weighted by molar-refractivity contribution is 5.85. The van der Waals surface area contributed by atoms with Crippen molar-refractivity contribution in [2.45, 2.75) is 52.5 Å². The van der Waals surface area contributed by atoms with Crippen LogP contribution in [0.15, 0.2) is 35.3 Å². The van der Waals surface area contributed by atoms with Crippen LogP contribution in [-0.2, 0) is 16.1 Å². The van der Waals surface area contributed by atoms with Gasteiger partial charge in [-0.2, -0.15) is 0 Å². The quantitative estimate of drug-likeness (QED) is 0.349. The summed E-state index contributed by atoms with van der Waals surface area (Å²) in [7, 11) is 0. The second kappa shape index (κ2) is 13.6. The zero-order chi connectivity index (χ0) is 21.6. The molecule has 1 fully saturated rings. The van der Waals surface area contributed by atoms with Crippen LogP contribution < -0.4 is 10.6 Å². The van der Waals surface area contributed by atoms with Crippen LogP contribution in [0.25, 0.3) is 0 Å². The zero-order valence-electron chi connectivity index (χ0n) is 18.5. The standard InChI is InChI=1S/C23H37N5O2/c1-3-24-23(25-15-11-17-28-16-10-6-9-14-21(28)29)26-18-22(30)27(4-2)19-20-12-7-5-8-13-20/h5,7-8,12-13H,3-4,6,9-11,14-19H2,1-2H3,(H2,24,25,26). The van der Waals surface area contributed by atoms with Gasteiger partial charge >= 0.3 is 0 Å². The Hall–Kier alpha value is -2.57. The summed E-state index contributed by atoms with van der Waals surface area (Å²) in [5, 5.41) is 6.47. The Morgan fingerprint density at radius 3 is 2.67 bits per heavy atom. The van der Waals surface area contributed by atoms with Gasteiger partial charge in [0, 0.05) is 45.7 Å². The molecule has 0 radical (unpaired) electrons. The maximum Gasteiger partial charge on any atom is 0.244 e. The number of aliphatic imine (C=N–C) groups is 1. The molecule has 0 aromatic heterocycles. The van der Waals surface area contributed by atoms with Gasteiger partial charge in [0.05, 0.1) is 0 Å². The van der Waals surface area contributed by atoms with Crippen molar-refractivity contribution in [1.82, 2.24) is 20.4 Å². The van der Waals surface area contributed by atoms with Crippen molar-refractivity contribution in [3.8, 4) is 0 Å². The van der Waals surface area contributed by atoms with Gasteiger partial charge in [0.25, 0.3) is 0 Å². The predicted molar refractivity (Wildman–Crippen MR) is 121 cm³/mol. The van der Waals surface area contributed by atoms with Crippen molar-refractivity contribution in [2.24, 2.45) is 4.99 Å². The van der Waals surface area contributed by atoms with E-state index in [9.17, 15) is 9.59 Å². The van der Waals surface area contributed by atoms with Gasteiger partial charge in [-0.05, 0) is 38.7 Å². The van der Waals surface area contributed by atoms with E-state index in [-0.39, 0.29) is 18.4 Å². The third kappa shape index (κ3) is 8.43. The van der Waals surface area contributed by atoms with Gasteiger partial charge in [0.1, 0.15) is 6.54 Å². The summed E-state index contributed by atoms with van der Waals surface area (Å²) in [6.07, 6.45) is 4.79. The van der Waals surface area contributed by atoms with E-state index in [1.807, 2.05) is 54.0 Å². The number of hydrogen-bond acceptors (Lipinski definition) is 3. The number of nitrogens with zero attached hydrogens (tertiary/aromatic N) is 3. The highest BCUT2D eigenvalue weighted by atomic mass is 16.2. The first-order valence-electron chi connectivity index (χ1n) is 11.3. The molecule has 2 amide bonds. The summed E-state index contributed by atoms with van der Waals surface area (Å²) in [5.41, 5.74) is 1.12. The van der Waals surface area contributed by atoms with Crippen molar-refractivity contribution < 1.29 is 9.59 Å². The molecular formula is C23H37N5O2. The van der Waals surface area contributed by atoms with Gasteiger partial charge in [-0.25, -0.2) is 4.99 Å². The smallest absolute Gasteiger partial charge is 0.244 e. The van der Waals surface area contributed by atoms with E-state index in [4.69, 9.17) is 0 Å². The molecule has 0 bridgehead atoms. The van der Waals surface area contributed by atoms with Crippen LogP contribution in [0.2, 0.25) is 0 Å². The number of amides is 2. The maximum atomic E-state index is 12.6. The zero-order valence-corrected chi connectivity index (χ0v) is 18.5. The van der Waals surface area contributed by atoms with Crippen LogP contribution in [0.5, 0.6) is 0 Å². The Morgan fingerprint density at radius 2 is 1.93 bits per heavy atom. The molecule has 0 unspecified atom stereocenters. The normalized spacial score (nSPS) is 14.9. The minimum absolute atomic E-state index is 0.00807. The van der Waals surface area contributed by atoms with Gasteiger partial charge in [-0.1, -0.05) is 36.8 Å². The van der Waals surface area contributed by atoms with E-state index in [1.165, 1.54) is 0 Å². The van der Waals surface area contributed by atoms with E-state index >= 15 is 0 Å². The second-order valence-corrected chi connectivity index (χ2v) is 7.56. The summed E-state index contributed by atoms with van der Waals surface area (Å²) < 4.78 is 0. The molecule has 7 nitrogen and oxygen atoms in total. The largest absolute Gasteiger partial charge is 0.357 e. The van der Waals surface area contributed by atoms with Gasteiger partial charge in [0.15, 0.2) is 5.96 Å². The van der Waals surface area contributed by atoms with Crippen LogP contribution >= 0.6 is 0 Å². The molecule has 166 valence electrons. The molecule has 0 atom stereocenters. The lowest BCUT2D eigenvalue weighted by molar-refractivity contribution is -0.131. The summed E-state index contributed by atoms with van der Waals surface area (Å²) in [5.74, 6) is 0.925. The Labute approximate surface area is 180 Å². The second-order valence-electron chi connectivity index (χ2n) is 7.56. The lowest BCUT2D eigenvalue weighted by Gasteiger charge is -2.21. The number of carbonyl (C=O) groups is 2. The fourth-order valence-corrected chi connectivity index (χ4v) is 3.52. The van der Waals surface area contributed by atoms with Crippen LogP contribution in [0.3, 0.4) is 0 Å². The Morgan fingerprint density at radius 1 is 1.13 bits per heavy atom. The molecule has 1 heterocycles. The minimum Gasteiger partial charge on any atom is -0.357 e. The number of benzene rings is 1. The van der Waals surface area contributed by atoms with Gasteiger partial charge in [-0.3, -0.25) is 9.59 Å². The molecule has 1 aromatic carbocycles. The Kier molecular flexibility index (Phi) is 10.8. The molecule has 1 saturated heterocycles. The van der Waals surface area contributed by atoms with E-state index in [2.05, 4.69) is 15.6 Å². The first kappa shape index (κ1) is 23.7. The summed E-state index contributed by atoms with van der Waals surface area (Å²) in [6, 6.07) is 10.00. The lowest BCUT2D eigenvalue weighted by atomic mass is 10.2. The average molecular weight is 416 g/mol. The molecule has 2 rings (SSSR count). The molecule has 30 heavy (non-hydrogen) atoms. The number of likely N-dealkylation sites (tertiary alicyclic amines) is 1. The van der Waals surface area contributed by atoms with Gasteiger partial charge < -0.3 is 20.4 Å². The molecule has 7 heteroatoms. The summed E-state index contributed by atoms with van der Waals surface area (Å²) in [6.45, 7) is 8.43. The third-order valence-electron chi connectivity index (χ3n) is 5.24. The fraction of sp³-hybridized carbons (Fsp3) is 0.609. The summed E-state index contributed by atoms with van der Waals surface area (Å²) >= 11 is 0. The van der Waals surface area contributed by atoms with Crippen molar-refractivity contribution in [3.05, 3.63) is 35.9 Å². The number of likely N-dealkylation sites (N-methyl/N-ethyl adjacent to an activating group) is 1. The van der Waals surface area contributed by atoms with Crippen LogP contribution in [-0.4, -0.2) is 66.8 Å². The predicted octanol–water partition coefficient (Wildman–Crippen LogP) is 2.38. The monoisotopic (exact) mass is 415 g/mol. The first-order chi connectivity index (χ1) is 14.6. The number of hydrogen-bond donors (Lipinski definition) is 2. The molecule has 0 saturated carbocycles. The SMILES string of the molecule is CCNC(=NCC(=O)N(CC)Cc1ccccc1)NCCCN1CCCCCC1=O.